The lowest BCUT2D eigenvalue weighted by atomic mass is 10.3. The molecule has 1 aliphatic carbocycles. The van der Waals surface area contributed by atoms with Crippen LogP contribution in [0.15, 0.2) is 0 Å². The molecule has 1 N–H and O–H groups in total. The molecular formula is C10H14N4O3. The Morgan fingerprint density at radius 1 is 1.53 bits per heavy atom. The second-order valence-electron chi connectivity index (χ2n) is 4.05. The van der Waals surface area contributed by atoms with Crippen LogP contribution in [0.2, 0.25) is 0 Å². The number of nitro groups is 1. The molecule has 2 rings (SSSR count). The van der Waals surface area contributed by atoms with Gasteiger partial charge in [0, 0.05) is 7.05 Å². The number of anilines is 1. The molecule has 0 aliphatic heterocycles. The maximum Gasteiger partial charge on any atom is 0.352 e. The molecule has 1 saturated carbocycles. The summed E-state index contributed by atoms with van der Waals surface area (Å²) >= 11 is 0. The zero-order chi connectivity index (χ0) is 12.4. The smallest absolute Gasteiger partial charge is 0.352 e. The highest BCUT2D eigenvalue weighted by Crippen LogP contribution is 2.33. The SMILES string of the molecule is CNc1nc(C)c([N+](=O)[O-])c(OCC2CC2)n1. The molecule has 0 radical (unpaired) electrons. The Labute approximate surface area is 98.4 Å². The van der Waals surface area contributed by atoms with Crippen LogP contribution < -0.4 is 10.1 Å². The Morgan fingerprint density at radius 2 is 2.24 bits per heavy atom. The van der Waals surface area contributed by atoms with Crippen molar-refractivity contribution in [1.82, 2.24) is 9.97 Å². The van der Waals surface area contributed by atoms with Gasteiger partial charge in [0.15, 0.2) is 0 Å². The van der Waals surface area contributed by atoms with E-state index in [1.165, 1.54) is 0 Å². The first-order valence-electron chi connectivity index (χ1n) is 5.45. The van der Waals surface area contributed by atoms with Crippen LogP contribution in [0, 0.1) is 23.0 Å². The summed E-state index contributed by atoms with van der Waals surface area (Å²) in [5.41, 5.74) is 0.157. The van der Waals surface area contributed by atoms with Crippen LogP contribution in [0.25, 0.3) is 0 Å². The maximum absolute atomic E-state index is 10.9. The van der Waals surface area contributed by atoms with E-state index in [-0.39, 0.29) is 11.6 Å². The molecule has 0 saturated heterocycles. The topological polar surface area (TPSA) is 90.2 Å². The fraction of sp³-hybridized carbons (Fsp3) is 0.600. The lowest BCUT2D eigenvalue weighted by molar-refractivity contribution is -0.387. The Hall–Kier alpha value is -1.92. The van der Waals surface area contributed by atoms with E-state index >= 15 is 0 Å². The van der Waals surface area contributed by atoms with Gasteiger partial charge < -0.3 is 10.1 Å². The molecular weight excluding hydrogens is 224 g/mol. The van der Waals surface area contributed by atoms with Gasteiger partial charge in [-0.15, -0.1) is 0 Å². The third-order valence-electron chi connectivity index (χ3n) is 2.59. The molecule has 7 heteroatoms. The Morgan fingerprint density at radius 3 is 2.76 bits per heavy atom. The minimum absolute atomic E-state index is 0.0544. The molecule has 1 aliphatic rings. The van der Waals surface area contributed by atoms with Crippen molar-refractivity contribution in [1.29, 1.82) is 0 Å². The van der Waals surface area contributed by atoms with Gasteiger partial charge in [-0.2, -0.15) is 4.98 Å². The van der Waals surface area contributed by atoms with Crippen LogP contribution in [0.1, 0.15) is 18.5 Å². The van der Waals surface area contributed by atoms with E-state index in [2.05, 4.69) is 15.3 Å². The first kappa shape index (κ1) is 11.6. The van der Waals surface area contributed by atoms with Gasteiger partial charge in [0.2, 0.25) is 5.95 Å². The molecule has 1 heterocycles. The summed E-state index contributed by atoms with van der Waals surface area (Å²) in [5, 5.41) is 13.7. The van der Waals surface area contributed by atoms with Crippen LogP contribution in [0.5, 0.6) is 5.88 Å². The summed E-state index contributed by atoms with van der Waals surface area (Å²) in [7, 11) is 1.66. The van der Waals surface area contributed by atoms with Crippen molar-refractivity contribution < 1.29 is 9.66 Å². The van der Waals surface area contributed by atoms with Gasteiger partial charge in [-0.3, -0.25) is 10.1 Å². The molecule has 0 amide bonds. The highest BCUT2D eigenvalue weighted by molar-refractivity contribution is 5.48. The van der Waals surface area contributed by atoms with Crippen molar-refractivity contribution >= 4 is 11.6 Å². The van der Waals surface area contributed by atoms with Gasteiger partial charge in [-0.05, 0) is 25.7 Å². The monoisotopic (exact) mass is 238 g/mol. The van der Waals surface area contributed by atoms with E-state index in [1.807, 2.05) is 0 Å². The van der Waals surface area contributed by atoms with Crippen molar-refractivity contribution in [2.45, 2.75) is 19.8 Å². The number of nitrogens with one attached hydrogen (secondary N) is 1. The van der Waals surface area contributed by atoms with Gasteiger partial charge in [0.05, 0.1) is 11.5 Å². The van der Waals surface area contributed by atoms with Gasteiger partial charge in [-0.1, -0.05) is 0 Å². The number of aryl methyl sites for hydroxylation is 1. The first-order valence-corrected chi connectivity index (χ1v) is 5.45. The quantitative estimate of drug-likeness (QED) is 0.617. The summed E-state index contributed by atoms with van der Waals surface area (Å²) in [5.74, 6) is 0.903. The van der Waals surface area contributed by atoms with Crippen molar-refractivity contribution in [3.63, 3.8) is 0 Å². The molecule has 0 atom stereocenters. The Kier molecular flexibility index (Phi) is 3.08. The predicted octanol–water partition coefficient (Wildman–Crippen LogP) is 1.52. The Balaban J connectivity index is 2.29. The summed E-state index contributed by atoms with van der Waals surface area (Å²) < 4.78 is 5.41. The fourth-order valence-electron chi connectivity index (χ4n) is 1.44. The third-order valence-corrected chi connectivity index (χ3v) is 2.59. The normalized spacial score (nSPS) is 14.5. The maximum atomic E-state index is 10.9. The molecule has 1 fully saturated rings. The zero-order valence-corrected chi connectivity index (χ0v) is 9.77. The van der Waals surface area contributed by atoms with E-state index in [0.29, 0.717) is 24.2 Å². The standard InChI is InChI=1S/C10H14N4O3/c1-6-8(14(15)16)9(13-10(11-2)12-6)17-5-7-3-4-7/h7H,3-5H2,1-2H3,(H,11,12,13). The van der Waals surface area contributed by atoms with E-state index < -0.39 is 4.92 Å². The number of ether oxygens (including phenoxy) is 1. The van der Waals surface area contributed by atoms with Crippen molar-refractivity contribution in [2.75, 3.05) is 19.0 Å². The third kappa shape index (κ3) is 2.61. The Bertz CT molecular complexity index is 445. The minimum atomic E-state index is -0.503. The van der Waals surface area contributed by atoms with E-state index in [0.717, 1.165) is 12.8 Å². The average Bonchev–Trinajstić information content (AvgIpc) is 3.08. The van der Waals surface area contributed by atoms with Crippen molar-refractivity contribution in [3.05, 3.63) is 15.8 Å². The molecule has 0 unspecified atom stereocenters. The first-order chi connectivity index (χ1) is 8.11. The van der Waals surface area contributed by atoms with Gasteiger partial charge >= 0.3 is 5.69 Å². The largest absolute Gasteiger partial charge is 0.472 e. The number of hydrogen-bond acceptors (Lipinski definition) is 6. The fourth-order valence-corrected chi connectivity index (χ4v) is 1.44. The van der Waals surface area contributed by atoms with Crippen LogP contribution >= 0.6 is 0 Å². The molecule has 1 aromatic heterocycles. The second kappa shape index (κ2) is 4.52. The molecule has 0 spiro atoms. The highest BCUT2D eigenvalue weighted by atomic mass is 16.6. The van der Waals surface area contributed by atoms with Crippen molar-refractivity contribution in [3.8, 4) is 5.88 Å². The van der Waals surface area contributed by atoms with Crippen molar-refractivity contribution in [2.24, 2.45) is 5.92 Å². The van der Waals surface area contributed by atoms with E-state index in [1.54, 1.807) is 14.0 Å². The lowest BCUT2D eigenvalue weighted by Crippen LogP contribution is -2.08. The molecule has 7 nitrogen and oxygen atoms in total. The van der Waals surface area contributed by atoms with Crippen LogP contribution in [0.4, 0.5) is 11.6 Å². The van der Waals surface area contributed by atoms with Crippen LogP contribution in [0.3, 0.4) is 0 Å². The lowest BCUT2D eigenvalue weighted by Gasteiger charge is -2.08. The predicted molar refractivity (Wildman–Crippen MR) is 61.2 cm³/mol. The number of rotatable bonds is 5. The summed E-state index contributed by atoms with van der Waals surface area (Å²) in [6.07, 6.45) is 2.24. The van der Waals surface area contributed by atoms with Gasteiger partial charge in [0.1, 0.15) is 5.69 Å². The van der Waals surface area contributed by atoms with E-state index in [4.69, 9.17) is 4.74 Å². The number of nitrogens with zero attached hydrogens (tertiary/aromatic N) is 3. The van der Waals surface area contributed by atoms with Crippen LogP contribution in [-0.2, 0) is 0 Å². The van der Waals surface area contributed by atoms with Gasteiger partial charge in [-0.25, -0.2) is 4.98 Å². The number of hydrogen-bond donors (Lipinski definition) is 1. The summed E-state index contributed by atoms with van der Waals surface area (Å²) in [6.45, 7) is 2.06. The molecule has 0 aromatic carbocycles. The zero-order valence-electron chi connectivity index (χ0n) is 9.77. The van der Waals surface area contributed by atoms with E-state index in [9.17, 15) is 10.1 Å². The molecule has 17 heavy (non-hydrogen) atoms. The molecule has 92 valence electrons. The van der Waals surface area contributed by atoms with Gasteiger partial charge in [0.25, 0.3) is 5.88 Å². The summed E-state index contributed by atoms with van der Waals surface area (Å²) in [4.78, 5) is 18.4. The highest BCUT2D eigenvalue weighted by Gasteiger charge is 2.27. The second-order valence-corrected chi connectivity index (χ2v) is 4.05. The minimum Gasteiger partial charge on any atom is -0.472 e. The molecule has 0 bridgehead atoms. The number of aromatic nitrogens is 2. The summed E-state index contributed by atoms with van der Waals surface area (Å²) in [6, 6.07) is 0. The van der Waals surface area contributed by atoms with Crippen LogP contribution in [-0.4, -0.2) is 28.5 Å². The average molecular weight is 238 g/mol. The molecule has 1 aromatic rings.